The number of hydrogen-bond donors (Lipinski definition) is 3. The molecular formula is C31H32ClN7O3. The first kappa shape index (κ1) is 28.8. The lowest BCUT2D eigenvalue weighted by Crippen LogP contribution is -2.29. The monoisotopic (exact) mass is 585 g/mol. The van der Waals surface area contributed by atoms with E-state index >= 15 is 0 Å². The van der Waals surface area contributed by atoms with E-state index in [2.05, 4.69) is 20.8 Å². The number of aromatic amines is 1. The van der Waals surface area contributed by atoms with Gasteiger partial charge in [0, 0.05) is 47.1 Å². The second kappa shape index (κ2) is 12.9. The molecule has 3 aromatic carbocycles. The van der Waals surface area contributed by atoms with Crippen LogP contribution in [0.15, 0.2) is 66.9 Å². The summed E-state index contributed by atoms with van der Waals surface area (Å²) in [6, 6.07) is 19.2. The van der Waals surface area contributed by atoms with Crippen LogP contribution in [0.3, 0.4) is 0 Å². The van der Waals surface area contributed by atoms with Crippen LogP contribution in [0.1, 0.15) is 32.6 Å². The Morgan fingerprint density at radius 1 is 1.07 bits per heavy atom. The summed E-state index contributed by atoms with van der Waals surface area (Å²) in [6.07, 6.45) is 4.54. The van der Waals surface area contributed by atoms with Crippen molar-refractivity contribution < 1.29 is 14.3 Å². The Bertz CT molecular complexity index is 1740. The largest absolute Gasteiger partial charge is 0.492 e. The number of anilines is 3. The number of amides is 2. The van der Waals surface area contributed by atoms with Crippen molar-refractivity contribution in [3.63, 3.8) is 0 Å². The number of fused-ring (bicyclic) bond motifs is 2. The highest BCUT2D eigenvalue weighted by molar-refractivity contribution is 5.95. The Morgan fingerprint density at radius 2 is 1.98 bits per heavy atom. The third-order valence-electron chi connectivity index (χ3n) is 7.05. The van der Waals surface area contributed by atoms with Gasteiger partial charge in [0.05, 0.1) is 23.8 Å². The van der Waals surface area contributed by atoms with Crippen LogP contribution in [0.25, 0.3) is 33.2 Å². The Kier molecular flexibility index (Phi) is 8.83. The van der Waals surface area contributed by atoms with E-state index in [0.717, 1.165) is 52.4 Å². The molecule has 1 aliphatic heterocycles. The van der Waals surface area contributed by atoms with Crippen molar-refractivity contribution in [3.05, 3.63) is 66.9 Å². The van der Waals surface area contributed by atoms with Crippen LogP contribution in [0, 0.1) is 0 Å². The van der Waals surface area contributed by atoms with Crippen molar-refractivity contribution >= 4 is 63.2 Å². The molecule has 1 aliphatic rings. The summed E-state index contributed by atoms with van der Waals surface area (Å²) in [6.45, 7) is 3.73. The lowest BCUT2D eigenvalue weighted by molar-refractivity contribution is -0.128. The van der Waals surface area contributed by atoms with Crippen LogP contribution in [-0.4, -0.2) is 56.6 Å². The normalized spacial score (nSPS) is 12.9. The number of rotatable bonds is 10. The fraction of sp³-hybridized carbons (Fsp3) is 0.258. The highest BCUT2D eigenvalue weighted by Crippen LogP contribution is 2.31. The van der Waals surface area contributed by atoms with Gasteiger partial charge >= 0.3 is 0 Å². The number of H-pyrrole nitrogens is 1. The predicted molar refractivity (Wildman–Crippen MR) is 166 cm³/mol. The molecule has 10 nitrogen and oxygen atoms in total. The van der Waals surface area contributed by atoms with Gasteiger partial charge in [0.2, 0.25) is 11.8 Å². The SMILES string of the molecule is CCCC(=O)Nc1cccc(-c2nc(Nc3ccc4[nH]ncc4c3)c3cc(OCCN4CCCC4=O)ccc3n2)c1.Cl. The van der Waals surface area contributed by atoms with Crippen molar-refractivity contribution in [2.24, 2.45) is 0 Å². The first-order chi connectivity index (χ1) is 20.1. The number of nitrogens with one attached hydrogen (secondary N) is 3. The molecule has 0 aliphatic carbocycles. The maximum absolute atomic E-state index is 12.2. The first-order valence-corrected chi connectivity index (χ1v) is 13.9. The molecule has 42 heavy (non-hydrogen) atoms. The number of carbonyl (C=O) groups excluding carboxylic acids is 2. The van der Waals surface area contributed by atoms with Crippen LogP contribution < -0.4 is 15.4 Å². The van der Waals surface area contributed by atoms with Crippen LogP contribution in [0.5, 0.6) is 5.75 Å². The zero-order valence-corrected chi connectivity index (χ0v) is 24.0. The molecular weight excluding hydrogens is 554 g/mol. The summed E-state index contributed by atoms with van der Waals surface area (Å²) < 4.78 is 6.03. The van der Waals surface area contributed by atoms with Crippen molar-refractivity contribution in [3.8, 4) is 17.1 Å². The fourth-order valence-electron chi connectivity index (χ4n) is 4.98. The maximum Gasteiger partial charge on any atom is 0.224 e. The molecule has 11 heteroatoms. The fourth-order valence-corrected chi connectivity index (χ4v) is 4.98. The van der Waals surface area contributed by atoms with Gasteiger partial charge in [-0.25, -0.2) is 9.97 Å². The van der Waals surface area contributed by atoms with E-state index in [1.807, 2.05) is 72.5 Å². The standard InChI is InChI=1S/C31H31N7O3.ClH/c1-2-5-28(39)33-22-7-3-6-20(16-22)30-35-27-12-10-24(41-15-14-38-13-4-8-29(38)40)18-25(27)31(36-30)34-23-9-11-26-21(17-23)19-32-37-26;/h3,6-7,9-12,16-19H,2,4-5,8,13-15H2,1H3,(H,32,37)(H,33,39)(H,34,35,36);1H. The summed E-state index contributed by atoms with van der Waals surface area (Å²) in [5, 5.41) is 15.3. The van der Waals surface area contributed by atoms with Gasteiger partial charge in [-0.1, -0.05) is 19.1 Å². The average Bonchev–Trinajstić information content (AvgIpc) is 3.61. The molecule has 3 heterocycles. The highest BCUT2D eigenvalue weighted by Gasteiger charge is 2.19. The van der Waals surface area contributed by atoms with Gasteiger partial charge in [-0.3, -0.25) is 14.7 Å². The van der Waals surface area contributed by atoms with E-state index in [1.54, 1.807) is 6.20 Å². The number of halogens is 1. The van der Waals surface area contributed by atoms with Crippen molar-refractivity contribution in [2.45, 2.75) is 32.6 Å². The highest BCUT2D eigenvalue weighted by atomic mass is 35.5. The minimum atomic E-state index is -0.0253. The summed E-state index contributed by atoms with van der Waals surface area (Å²) >= 11 is 0. The lowest BCUT2D eigenvalue weighted by atomic mass is 10.1. The van der Waals surface area contributed by atoms with Crippen molar-refractivity contribution in [1.29, 1.82) is 0 Å². The van der Waals surface area contributed by atoms with Crippen LogP contribution in [-0.2, 0) is 9.59 Å². The number of nitrogens with zero attached hydrogens (tertiary/aromatic N) is 4. The number of benzene rings is 3. The van der Waals surface area contributed by atoms with Crippen molar-refractivity contribution in [2.75, 3.05) is 30.3 Å². The third-order valence-corrected chi connectivity index (χ3v) is 7.05. The Hall–Kier alpha value is -4.70. The molecule has 2 aromatic heterocycles. The van der Waals surface area contributed by atoms with Gasteiger partial charge in [-0.15, -0.1) is 12.4 Å². The molecule has 0 spiro atoms. The summed E-state index contributed by atoms with van der Waals surface area (Å²) in [7, 11) is 0. The second-order valence-electron chi connectivity index (χ2n) is 10.1. The van der Waals surface area contributed by atoms with Crippen LogP contribution >= 0.6 is 12.4 Å². The molecule has 216 valence electrons. The topological polar surface area (TPSA) is 125 Å². The van der Waals surface area contributed by atoms with E-state index in [0.29, 0.717) is 49.1 Å². The molecule has 0 atom stereocenters. The minimum Gasteiger partial charge on any atom is -0.492 e. The molecule has 1 fully saturated rings. The Morgan fingerprint density at radius 3 is 2.81 bits per heavy atom. The molecule has 6 rings (SSSR count). The molecule has 2 amide bonds. The molecule has 1 saturated heterocycles. The third kappa shape index (κ3) is 6.44. The maximum atomic E-state index is 12.2. The first-order valence-electron chi connectivity index (χ1n) is 13.9. The van der Waals surface area contributed by atoms with Crippen LogP contribution in [0.4, 0.5) is 17.2 Å². The second-order valence-corrected chi connectivity index (χ2v) is 10.1. The number of carbonyl (C=O) groups is 2. The van der Waals surface area contributed by atoms with Gasteiger partial charge in [-0.2, -0.15) is 5.10 Å². The van der Waals surface area contributed by atoms with Gasteiger partial charge in [0.15, 0.2) is 5.82 Å². The minimum absolute atomic E-state index is 0. The van der Waals surface area contributed by atoms with E-state index in [9.17, 15) is 9.59 Å². The van der Waals surface area contributed by atoms with Crippen LogP contribution in [0.2, 0.25) is 0 Å². The van der Waals surface area contributed by atoms with Gasteiger partial charge in [0.25, 0.3) is 0 Å². The number of likely N-dealkylation sites (tertiary alicyclic amines) is 1. The number of aromatic nitrogens is 4. The Balaban J connectivity index is 0.00000353. The smallest absolute Gasteiger partial charge is 0.224 e. The molecule has 5 aromatic rings. The number of ether oxygens (including phenoxy) is 1. The van der Waals surface area contributed by atoms with E-state index in [-0.39, 0.29) is 24.2 Å². The van der Waals surface area contributed by atoms with E-state index < -0.39 is 0 Å². The summed E-state index contributed by atoms with van der Waals surface area (Å²) in [4.78, 5) is 35.7. The lowest BCUT2D eigenvalue weighted by Gasteiger charge is -2.16. The molecule has 0 bridgehead atoms. The van der Waals surface area contributed by atoms with Crippen molar-refractivity contribution in [1.82, 2.24) is 25.1 Å². The van der Waals surface area contributed by atoms with Gasteiger partial charge < -0.3 is 20.3 Å². The quantitative estimate of drug-likeness (QED) is 0.181. The molecule has 0 unspecified atom stereocenters. The molecule has 3 N–H and O–H groups in total. The van der Waals surface area contributed by atoms with E-state index in [1.165, 1.54) is 0 Å². The number of hydrogen-bond acceptors (Lipinski definition) is 7. The molecule has 0 radical (unpaired) electrons. The van der Waals surface area contributed by atoms with Gasteiger partial charge in [0.1, 0.15) is 18.2 Å². The zero-order chi connectivity index (χ0) is 28.2. The zero-order valence-electron chi connectivity index (χ0n) is 23.2. The molecule has 0 saturated carbocycles. The summed E-state index contributed by atoms with van der Waals surface area (Å²) in [5.41, 5.74) is 4.02. The van der Waals surface area contributed by atoms with Gasteiger partial charge in [-0.05, 0) is 61.4 Å². The Labute approximate surface area is 249 Å². The predicted octanol–water partition coefficient (Wildman–Crippen LogP) is 6.08. The summed E-state index contributed by atoms with van der Waals surface area (Å²) in [5.74, 6) is 1.98. The average molecular weight is 586 g/mol. The van der Waals surface area contributed by atoms with E-state index in [4.69, 9.17) is 14.7 Å².